The summed E-state index contributed by atoms with van der Waals surface area (Å²) in [4.78, 5) is 20.7. The Labute approximate surface area is 153 Å². The van der Waals surface area contributed by atoms with Crippen LogP contribution < -0.4 is 9.64 Å². The highest BCUT2D eigenvalue weighted by molar-refractivity contribution is 5.78. The minimum Gasteiger partial charge on any atom is -0.484 e. The van der Waals surface area contributed by atoms with Gasteiger partial charge < -0.3 is 14.5 Å². The lowest BCUT2D eigenvalue weighted by molar-refractivity contribution is -0.133. The number of rotatable bonds is 4. The average molecular weight is 350 g/mol. The third-order valence-corrected chi connectivity index (χ3v) is 4.39. The van der Waals surface area contributed by atoms with Crippen LogP contribution in [0.2, 0.25) is 0 Å². The molecular formula is C20H22N4O2. The van der Waals surface area contributed by atoms with Gasteiger partial charge in [-0.3, -0.25) is 4.79 Å². The number of carbonyl (C=O) groups excluding carboxylic acids is 1. The Morgan fingerprint density at radius 1 is 1.15 bits per heavy atom. The Morgan fingerprint density at radius 3 is 2.42 bits per heavy atom. The Balaban J connectivity index is 1.50. The van der Waals surface area contributed by atoms with Crippen LogP contribution in [-0.2, 0) is 4.79 Å². The number of benzene rings is 1. The number of piperazine rings is 1. The fourth-order valence-corrected chi connectivity index (χ4v) is 3.08. The molecule has 3 rings (SSSR count). The third kappa shape index (κ3) is 4.31. The molecule has 0 spiro atoms. The number of anilines is 1. The van der Waals surface area contributed by atoms with E-state index in [1.165, 1.54) is 0 Å². The number of hydrogen-bond acceptors (Lipinski definition) is 5. The molecule has 1 saturated heterocycles. The van der Waals surface area contributed by atoms with Gasteiger partial charge in [-0.2, -0.15) is 5.26 Å². The van der Waals surface area contributed by atoms with E-state index in [1.807, 2.05) is 36.9 Å². The first-order valence-electron chi connectivity index (χ1n) is 8.65. The molecule has 1 amide bonds. The maximum Gasteiger partial charge on any atom is 0.260 e. The fraction of sp³-hybridized carbons (Fsp3) is 0.350. The van der Waals surface area contributed by atoms with Gasteiger partial charge >= 0.3 is 0 Å². The number of nitrogens with zero attached hydrogens (tertiary/aromatic N) is 4. The molecule has 6 heteroatoms. The van der Waals surface area contributed by atoms with E-state index in [9.17, 15) is 4.79 Å². The number of ether oxygens (including phenoxy) is 1. The van der Waals surface area contributed by atoms with Gasteiger partial charge in [-0.1, -0.05) is 6.07 Å². The van der Waals surface area contributed by atoms with Crippen molar-refractivity contribution in [3.63, 3.8) is 0 Å². The van der Waals surface area contributed by atoms with Gasteiger partial charge in [0.1, 0.15) is 17.6 Å². The molecule has 1 aliphatic heterocycles. The summed E-state index contributed by atoms with van der Waals surface area (Å²) < 4.78 is 5.67. The van der Waals surface area contributed by atoms with Crippen LogP contribution in [0, 0.1) is 25.2 Å². The second-order valence-corrected chi connectivity index (χ2v) is 6.50. The summed E-state index contributed by atoms with van der Waals surface area (Å²) in [6.07, 6.45) is 1.57. The van der Waals surface area contributed by atoms with E-state index in [2.05, 4.69) is 22.0 Å². The molecule has 0 N–H and O–H groups in total. The van der Waals surface area contributed by atoms with Gasteiger partial charge in [0.25, 0.3) is 5.91 Å². The van der Waals surface area contributed by atoms with Gasteiger partial charge in [-0.15, -0.1) is 0 Å². The number of aryl methyl sites for hydroxylation is 2. The number of hydrogen-bond donors (Lipinski definition) is 0. The van der Waals surface area contributed by atoms with E-state index in [1.54, 1.807) is 12.3 Å². The molecule has 0 saturated carbocycles. The van der Waals surface area contributed by atoms with Crippen LogP contribution in [0.15, 0.2) is 36.5 Å². The van der Waals surface area contributed by atoms with E-state index in [0.717, 1.165) is 22.7 Å². The molecule has 1 fully saturated rings. The van der Waals surface area contributed by atoms with E-state index in [-0.39, 0.29) is 12.5 Å². The van der Waals surface area contributed by atoms with Crippen molar-refractivity contribution in [2.45, 2.75) is 13.8 Å². The summed E-state index contributed by atoms with van der Waals surface area (Å²) in [5.41, 5.74) is 2.79. The van der Waals surface area contributed by atoms with Crippen LogP contribution in [0.5, 0.6) is 5.75 Å². The van der Waals surface area contributed by atoms with Crippen molar-refractivity contribution in [3.8, 4) is 11.8 Å². The lowest BCUT2D eigenvalue weighted by atomic mass is 10.1. The summed E-state index contributed by atoms with van der Waals surface area (Å²) in [5.74, 6) is 1.57. The molecule has 6 nitrogen and oxygen atoms in total. The number of pyridine rings is 1. The zero-order valence-corrected chi connectivity index (χ0v) is 15.1. The zero-order chi connectivity index (χ0) is 18.5. The van der Waals surface area contributed by atoms with Crippen LogP contribution >= 0.6 is 0 Å². The molecule has 1 aromatic heterocycles. The maximum atomic E-state index is 12.4. The Bertz CT molecular complexity index is 798. The lowest BCUT2D eigenvalue weighted by Gasteiger charge is -2.35. The third-order valence-electron chi connectivity index (χ3n) is 4.39. The van der Waals surface area contributed by atoms with Gasteiger partial charge in [0.05, 0.1) is 5.56 Å². The average Bonchev–Trinajstić information content (AvgIpc) is 2.65. The van der Waals surface area contributed by atoms with Gasteiger partial charge in [-0.25, -0.2) is 4.98 Å². The molecule has 0 bridgehead atoms. The van der Waals surface area contributed by atoms with Crippen LogP contribution in [0.1, 0.15) is 16.7 Å². The van der Waals surface area contributed by atoms with Crippen molar-refractivity contribution < 1.29 is 9.53 Å². The molecule has 2 heterocycles. The van der Waals surface area contributed by atoms with E-state index in [0.29, 0.717) is 31.7 Å². The number of carbonyl (C=O) groups is 1. The summed E-state index contributed by atoms with van der Waals surface area (Å²) in [5, 5.41) is 8.84. The van der Waals surface area contributed by atoms with Crippen molar-refractivity contribution in [3.05, 3.63) is 53.2 Å². The standard InChI is InChI=1S/C20H22N4O2/c1-15-9-16(2)11-18(10-15)26-14-20(25)24-7-5-23(6-8-24)19-4-3-17(12-21)13-22-19/h3-4,9-11,13H,5-8,14H2,1-2H3. The van der Waals surface area contributed by atoms with Crippen molar-refractivity contribution >= 4 is 11.7 Å². The second-order valence-electron chi connectivity index (χ2n) is 6.50. The Morgan fingerprint density at radius 2 is 1.85 bits per heavy atom. The monoisotopic (exact) mass is 350 g/mol. The SMILES string of the molecule is Cc1cc(C)cc(OCC(=O)N2CCN(c3ccc(C#N)cn3)CC2)c1. The normalized spacial score (nSPS) is 14.0. The first-order valence-corrected chi connectivity index (χ1v) is 8.65. The highest BCUT2D eigenvalue weighted by atomic mass is 16.5. The van der Waals surface area contributed by atoms with Crippen molar-refractivity contribution in [1.82, 2.24) is 9.88 Å². The maximum absolute atomic E-state index is 12.4. The van der Waals surface area contributed by atoms with E-state index >= 15 is 0 Å². The predicted octanol–water partition coefficient (Wildman–Crippen LogP) is 2.30. The van der Waals surface area contributed by atoms with E-state index in [4.69, 9.17) is 10.00 Å². The van der Waals surface area contributed by atoms with Crippen LogP contribution in [-0.4, -0.2) is 48.6 Å². The molecular weight excluding hydrogens is 328 g/mol. The lowest BCUT2D eigenvalue weighted by Crippen LogP contribution is -2.50. The smallest absolute Gasteiger partial charge is 0.260 e. The molecule has 26 heavy (non-hydrogen) atoms. The highest BCUT2D eigenvalue weighted by Crippen LogP contribution is 2.17. The second kappa shape index (κ2) is 7.87. The molecule has 134 valence electrons. The molecule has 0 unspecified atom stereocenters. The number of nitriles is 1. The minimum absolute atomic E-state index is 0.00315. The van der Waals surface area contributed by atoms with Crippen LogP contribution in [0.25, 0.3) is 0 Å². The van der Waals surface area contributed by atoms with Crippen LogP contribution in [0.3, 0.4) is 0 Å². The molecule has 1 aliphatic rings. The minimum atomic E-state index is -0.00315. The van der Waals surface area contributed by atoms with E-state index < -0.39 is 0 Å². The van der Waals surface area contributed by atoms with Crippen molar-refractivity contribution in [2.75, 3.05) is 37.7 Å². The first kappa shape index (κ1) is 17.7. The number of amides is 1. The fourth-order valence-electron chi connectivity index (χ4n) is 3.08. The Hall–Kier alpha value is -3.07. The van der Waals surface area contributed by atoms with Crippen LogP contribution in [0.4, 0.5) is 5.82 Å². The summed E-state index contributed by atoms with van der Waals surface area (Å²) in [6.45, 7) is 6.78. The first-order chi connectivity index (χ1) is 12.5. The van der Waals surface area contributed by atoms with Crippen molar-refractivity contribution in [1.29, 1.82) is 5.26 Å². The van der Waals surface area contributed by atoms with Gasteiger partial charge in [0, 0.05) is 32.4 Å². The molecule has 2 aromatic rings. The van der Waals surface area contributed by atoms with Gasteiger partial charge in [0.15, 0.2) is 6.61 Å². The van der Waals surface area contributed by atoms with Crippen molar-refractivity contribution in [2.24, 2.45) is 0 Å². The molecule has 0 atom stereocenters. The molecule has 1 aromatic carbocycles. The topological polar surface area (TPSA) is 69.5 Å². The molecule has 0 radical (unpaired) electrons. The largest absolute Gasteiger partial charge is 0.484 e. The van der Waals surface area contributed by atoms with Gasteiger partial charge in [-0.05, 0) is 49.2 Å². The zero-order valence-electron chi connectivity index (χ0n) is 15.1. The summed E-state index contributed by atoms with van der Waals surface area (Å²) in [7, 11) is 0. The Kier molecular flexibility index (Phi) is 5.37. The summed E-state index contributed by atoms with van der Waals surface area (Å²) >= 11 is 0. The highest BCUT2D eigenvalue weighted by Gasteiger charge is 2.22. The number of aromatic nitrogens is 1. The summed E-state index contributed by atoms with van der Waals surface area (Å²) in [6, 6.07) is 11.6. The molecule has 0 aliphatic carbocycles. The quantitative estimate of drug-likeness (QED) is 0.846. The van der Waals surface area contributed by atoms with Gasteiger partial charge in [0.2, 0.25) is 0 Å². The predicted molar refractivity (Wildman–Crippen MR) is 99.2 cm³/mol.